The summed E-state index contributed by atoms with van der Waals surface area (Å²) in [4.78, 5) is 36.5. The average Bonchev–Trinajstić information content (AvgIpc) is 3.69. The molecule has 1 saturated heterocycles. The minimum Gasteiger partial charge on any atom is -0.330 e. The molecule has 38 heavy (non-hydrogen) atoms. The molecule has 1 aromatic carbocycles. The van der Waals surface area contributed by atoms with E-state index in [1.54, 1.807) is 0 Å². The van der Waals surface area contributed by atoms with Gasteiger partial charge in [0.05, 0.1) is 11.7 Å². The van der Waals surface area contributed by atoms with E-state index >= 15 is 0 Å². The number of hydrogen-bond acceptors (Lipinski definition) is 5. The lowest BCUT2D eigenvalue weighted by Crippen LogP contribution is -2.39. The predicted octanol–water partition coefficient (Wildman–Crippen LogP) is 6.51. The van der Waals surface area contributed by atoms with E-state index in [4.69, 9.17) is 19.7 Å². The monoisotopic (exact) mass is 524 g/mol. The van der Waals surface area contributed by atoms with Crippen LogP contribution in [0.2, 0.25) is 0 Å². The van der Waals surface area contributed by atoms with Crippen LogP contribution in [0.1, 0.15) is 116 Å². The van der Waals surface area contributed by atoms with Gasteiger partial charge in [-0.15, -0.1) is 0 Å². The summed E-state index contributed by atoms with van der Waals surface area (Å²) in [6.45, 7) is 16.4. The Morgan fingerprint density at radius 1 is 0.974 bits per heavy atom. The van der Waals surface area contributed by atoms with Crippen LogP contribution in [-0.2, 0) is 9.59 Å². The summed E-state index contributed by atoms with van der Waals surface area (Å²) in [6.07, 6.45) is 5.26. The van der Waals surface area contributed by atoms with Crippen molar-refractivity contribution in [3.63, 3.8) is 0 Å². The molecule has 0 N–H and O–H groups in total. The molecule has 3 heterocycles. The van der Waals surface area contributed by atoms with Crippen molar-refractivity contribution >= 4 is 25.1 Å². The summed E-state index contributed by atoms with van der Waals surface area (Å²) < 4.78 is 16.7. The van der Waals surface area contributed by atoms with E-state index in [0.29, 0.717) is 23.6 Å². The van der Waals surface area contributed by atoms with Gasteiger partial charge in [-0.1, -0.05) is 27.7 Å². The van der Waals surface area contributed by atoms with E-state index in [-0.39, 0.29) is 23.7 Å². The first-order valence-corrected chi connectivity index (χ1v) is 13.4. The molecule has 1 atom stereocenters. The molecule has 2 aliphatic rings. The van der Waals surface area contributed by atoms with Crippen molar-refractivity contribution in [1.82, 2.24) is 19.5 Å². The van der Waals surface area contributed by atoms with Crippen LogP contribution >= 0.6 is 0 Å². The third kappa shape index (κ3) is 6.52. The zero-order valence-corrected chi connectivity index (χ0v) is 23.6. The molecule has 5 rings (SSSR count). The zero-order valence-electron chi connectivity index (χ0n) is 23.6. The fourth-order valence-corrected chi connectivity index (χ4v) is 5.07. The fraction of sp³-hybridized carbons (Fsp3) is 0.500. The summed E-state index contributed by atoms with van der Waals surface area (Å²) in [5, 5.41) is 4.86. The van der Waals surface area contributed by atoms with Gasteiger partial charge in [-0.2, -0.15) is 5.10 Å². The van der Waals surface area contributed by atoms with E-state index in [1.165, 1.54) is 18.9 Å². The van der Waals surface area contributed by atoms with E-state index < -0.39 is 0 Å². The summed E-state index contributed by atoms with van der Waals surface area (Å²) in [5.41, 5.74) is 5.70. The lowest BCUT2D eigenvalue weighted by molar-refractivity contribution is -0.0987. The normalized spacial score (nSPS) is 16.5. The van der Waals surface area contributed by atoms with Crippen molar-refractivity contribution in [2.75, 3.05) is 6.54 Å². The SMILES string of the molecule is C=O.C=O.CC.Cc1cc(F)c(C(C)C)c(C(=O)N2CCCC[C@H]2c2cc3nc(C4CC4)cc(C)n3n2)c1. The minimum absolute atomic E-state index is 0.0688. The van der Waals surface area contributed by atoms with Crippen LogP contribution < -0.4 is 0 Å². The number of aryl methyl sites for hydroxylation is 2. The van der Waals surface area contributed by atoms with Crippen molar-refractivity contribution in [2.45, 2.75) is 91.5 Å². The number of nitrogens with zero attached hydrogens (tertiary/aromatic N) is 4. The van der Waals surface area contributed by atoms with Crippen LogP contribution in [-0.4, -0.2) is 45.5 Å². The van der Waals surface area contributed by atoms with Gasteiger partial charge in [0.25, 0.3) is 5.91 Å². The van der Waals surface area contributed by atoms with Gasteiger partial charge in [-0.3, -0.25) is 4.79 Å². The number of rotatable bonds is 4. The lowest BCUT2D eigenvalue weighted by atomic mass is 9.92. The second-order valence-electron chi connectivity index (χ2n) is 9.81. The molecule has 206 valence electrons. The van der Waals surface area contributed by atoms with Crippen LogP contribution in [0, 0.1) is 19.7 Å². The van der Waals surface area contributed by atoms with Crippen molar-refractivity contribution in [3.8, 4) is 0 Å². The van der Waals surface area contributed by atoms with Crippen LogP contribution in [0.15, 0.2) is 24.3 Å². The highest BCUT2D eigenvalue weighted by molar-refractivity contribution is 5.96. The maximum absolute atomic E-state index is 14.8. The first kappa shape index (κ1) is 30.8. The molecule has 0 spiro atoms. The number of carbonyl (C=O) groups excluding carboxylic acids is 3. The van der Waals surface area contributed by atoms with Crippen LogP contribution in [0.5, 0.6) is 0 Å². The Morgan fingerprint density at radius 2 is 1.63 bits per heavy atom. The molecule has 1 aliphatic carbocycles. The Hall–Kier alpha value is -3.42. The number of aromatic nitrogens is 3. The van der Waals surface area contributed by atoms with Crippen LogP contribution in [0.25, 0.3) is 5.65 Å². The molecule has 1 aliphatic heterocycles. The Bertz CT molecular complexity index is 1230. The van der Waals surface area contributed by atoms with Crippen molar-refractivity contribution in [1.29, 1.82) is 0 Å². The second-order valence-corrected chi connectivity index (χ2v) is 9.81. The number of fused-ring (bicyclic) bond motifs is 1. The molecule has 2 aromatic heterocycles. The third-order valence-corrected chi connectivity index (χ3v) is 6.83. The lowest BCUT2D eigenvalue weighted by Gasteiger charge is -2.35. The number of benzene rings is 1. The first-order valence-electron chi connectivity index (χ1n) is 13.4. The molecule has 0 unspecified atom stereocenters. The summed E-state index contributed by atoms with van der Waals surface area (Å²) >= 11 is 0. The van der Waals surface area contributed by atoms with Crippen molar-refractivity contribution < 1.29 is 18.8 Å². The Labute approximate surface area is 225 Å². The van der Waals surface area contributed by atoms with Crippen molar-refractivity contribution in [3.05, 3.63) is 63.9 Å². The van der Waals surface area contributed by atoms with Crippen LogP contribution in [0.4, 0.5) is 4.39 Å². The molecule has 8 heteroatoms. The van der Waals surface area contributed by atoms with Gasteiger partial charge >= 0.3 is 0 Å². The molecule has 3 aromatic rings. The Kier molecular flexibility index (Phi) is 11.3. The molecule has 2 fully saturated rings. The molecule has 0 bridgehead atoms. The molecular weight excluding hydrogens is 483 g/mol. The van der Waals surface area contributed by atoms with Gasteiger partial charge < -0.3 is 14.5 Å². The van der Waals surface area contributed by atoms with Crippen LogP contribution in [0.3, 0.4) is 0 Å². The molecule has 0 radical (unpaired) electrons. The number of piperidine rings is 1. The van der Waals surface area contributed by atoms with E-state index in [0.717, 1.165) is 47.6 Å². The van der Waals surface area contributed by atoms with E-state index in [9.17, 15) is 9.18 Å². The topological polar surface area (TPSA) is 84.6 Å². The number of amides is 1. The largest absolute Gasteiger partial charge is 0.330 e. The molecule has 1 saturated carbocycles. The number of likely N-dealkylation sites (tertiary alicyclic amines) is 1. The Morgan fingerprint density at radius 3 is 2.24 bits per heavy atom. The predicted molar refractivity (Wildman–Crippen MR) is 148 cm³/mol. The number of halogens is 1. The summed E-state index contributed by atoms with van der Waals surface area (Å²) in [6, 6.07) is 7.41. The standard InChI is InChI=1S/C26H31FN4O.C2H6.2CH2O/c1-15(2)25-19(11-16(3)12-20(25)27)26(32)30-10-6-5-7-23(30)22-14-24-28-21(18-8-9-18)13-17(4)31(24)29-22;3*1-2/h11-15,18,23H,5-10H2,1-4H3;1-2H3;2*1H2/t23-;;;/m0.../s1. The highest BCUT2D eigenvalue weighted by Gasteiger charge is 2.33. The average molecular weight is 525 g/mol. The smallest absolute Gasteiger partial charge is 0.254 e. The van der Waals surface area contributed by atoms with Gasteiger partial charge in [-0.25, -0.2) is 13.9 Å². The third-order valence-electron chi connectivity index (χ3n) is 6.83. The first-order chi connectivity index (χ1) is 18.3. The van der Waals surface area contributed by atoms with Gasteiger partial charge in [0.2, 0.25) is 0 Å². The summed E-state index contributed by atoms with van der Waals surface area (Å²) in [7, 11) is 0. The maximum Gasteiger partial charge on any atom is 0.254 e. The summed E-state index contributed by atoms with van der Waals surface area (Å²) in [5.74, 6) is 0.120. The molecular formula is C30H41FN4O3. The molecule has 7 nitrogen and oxygen atoms in total. The maximum atomic E-state index is 14.8. The quantitative estimate of drug-likeness (QED) is 0.388. The zero-order chi connectivity index (χ0) is 28.6. The molecule has 1 amide bonds. The van der Waals surface area contributed by atoms with E-state index in [2.05, 4.69) is 13.0 Å². The van der Waals surface area contributed by atoms with E-state index in [1.807, 2.05) is 69.7 Å². The number of hydrogen-bond donors (Lipinski definition) is 0. The van der Waals surface area contributed by atoms with Crippen molar-refractivity contribution in [2.24, 2.45) is 0 Å². The Balaban J connectivity index is 0.000000791. The van der Waals surface area contributed by atoms with Gasteiger partial charge in [0.15, 0.2) is 5.65 Å². The highest BCUT2D eigenvalue weighted by atomic mass is 19.1. The van der Waals surface area contributed by atoms with Gasteiger partial charge in [-0.05, 0) is 75.6 Å². The number of carbonyl (C=O) groups is 3. The minimum atomic E-state index is -0.294. The van der Waals surface area contributed by atoms with Gasteiger partial charge in [0.1, 0.15) is 19.4 Å². The second kappa shape index (κ2) is 13.9. The fourth-order valence-electron chi connectivity index (χ4n) is 5.07. The highest BCUT2D eigenvalue weighted by Crippen LogP contribution is 2.40. The van der Waals surface area contributed by atoms with Gasteiger partial charge in [0, 0.05) is 41.0 Å².